The fraction of sp³-hybridized carbons (Fsp3) is 0.579. The van der Waals surface area contributed by atoms with E-state index in [1.165, 1.54) is 31.0 Å². The molecule has 2 aromatic rings. The molecule has 8 heteroatoms. The van der Waals surface area contributed by atoms with Crippen molar-refractivity contribution in [2.45, 2.75) is 64.0 Å². The van der Waals surface area contributed by atoms with E-state index in [4.69, 9.17) is 9.15 Å². The van der Waals surface area contributed by atoms with Crippen molar-refractivity contribution in [1.29, 1.82) is 0 Å². The van der Waals surface area contributed by atoms with E-state index in [1.54, 1.807) is 20.8 Å². The molecular weight excluding hydrogens is 366 g/mol. The summed E-state index contributed by atoms with van der Waals surface area (Å²) in [5, 5.41) is 8.65. The first kappa shape index (κ1) is 19.7. The third-order valence-electron chi connectivity index (χ3n) is 4.90. The van der Waals surface area contributed by atoms with Crippen molar-refractivity contribution < 1.29 is 18.7 Å². The third-order valence-corrected chi connectivity index (χ3v) is 5.72. The number of nitrogens with zero attached hydrogens (tertiary/aromatic N) is 2. The summed E-state index contributed by atoms with van der Waals surface area (Å²) >= 11 is 1.23. The molecule has 27 heavy (non-hydrogen) atoms. The summed E-state index contributed by atoms with van der Waals surface area (Å²) in [7, 11) is 0. The summed E-state index contributed by atoms with van der Waals surface area (Å²) in [6, 6.07) is 0. The number of aromatic amines is 1. The molecule has 2 aromatic heterocycles. The maximum absolute atomic E-state index is 12.7. The Morgan fingerprint density at radius 1 is 1.22 bits per heavy atom. The summed E-state index contributed by atoms with van der Waals surface area (Å²) in [6.45, 7) is 5.57. The molecule has 2 heterocycles. The van der Waals surface area contributed by atoms with Crippen LogP contribution in [0.5, 0.6) is 0 Å². The highest BCUT2D eigenvalue weighted by Gasteiger charge is 2.24. The molecule has 1 aliphatic carbocycles. The molecule has 7 nitrogen and oxygen atoms in total. The zero-order chi connectivity index (χ0) is 19.4. The molecule has 0 radical (unpaired) electrons. The second-order valence-electron chi connectivity index (χ2n) is 6.80. The van der Waals surface area contributed by atoms with Crippen molar-refractivity contribution in [3.63, 3.8) is 0 Å². The number of rotatable bonds is 7. The number of Topliss-reactive ketones (excluding diaryl/α,β-unsaturated/α-hetero) is 1. The lowest BCUT2D eigenvalue weighted by atomic mass is 9.89. The number of hydrogen-bond acceptors (Lipinski definition) is 7. The third kappa shape index (κ3) is 4.43. The van der Waals surface area contributed by atoms with Gasteiger partial charge in [-0.05, 0) is 39.2 Å². The van der Waals surface area contributed by atoms with Gasteiger partial charge >= 0.3 is 5.97 Å². The van der Waals surface area contributed by atoms with Gasteiger partial charge in [-0.3, -0.25) is 4.79 Å². The van der Waals surface area contributed by atoms with Crippen LogP contribution in [0.4, 0.5) is 0 Å². The van der Waals surface area contributed by atoms with Crippen LogP contribution in [0.1, 0.15) is 82.9 Å². The number of nitrogens with one attached hydrogen (secondary N) is 1. The van der Waals surface area contributed by atoms with Gasteiger partial charge in [0.2, 0.25) is 5.89 Å². The van der Waals surface area contributed by atoms with E-state index in [0.29, 0.717) is 39.5 Å². The van der Waals surface area contributed by atoms with E-state index in [0.717, 1.165) is 12.8 Å². The molecule has 0 aromatic carbocycles. The Kier molecular flexibility index (Phi) is 6.36. The van der Waals surface area contributed by atoms with Crippen LogP contribution in [0.3, 0.4) is 0 Å². The van der Waals surface area contributed by atoms with Gasteiger partial charge in [-0.2, -0.15) is 0 Å². The number of hydrogen-bond donors (Lipinski definition) is 1. The number of aromatic nitrogens is 3. The van der Waals surface area contributed by atoms with E-state index >= 15 is 0 Å². The second kappa shape index (κ2) is 8.73. The molecule has 146 valence electrons. The lowest BCUT2D eigenvalue weighted by Gasteiger charge is -2.17. The first-order valence-electron chi connectivity index (χ1n) is 9.37. The van der Waals surface area contributed by atoms with Crippen molar-refractivity contribution in [2.75, 3.05) is 12.4 Å². The van der Waals surface area contributed by atoms with Crippen LogP contribution in [-0.4, -0.2) is 39.3 Å². The molecule has 0 spiro atoms. The predicted molar refractivity (Wildman–Crippen MR) is 101 cm³/mol. The summed E-state index contributed by atoms with van der Waals surface area (Å²) in [6.07, 6.45) is 5.84. The van der Waals surface area contributed by atoms with Crippen LogP contribution in [0.25, 0.3) is 0 Å². The Hall–Kier alpha value is -2.09. The molecule has 1 aliphatic rings. The van der Waals surface area contributed by atoms with Crippen LogP contribution < -0.4 is 0 Å². The molecule has 0 atom stereocenters. The zero-order valence-corrected chi connectivity index (χ0v) is 16.8. The molecule has 0 bridgehead atoms. The minimum Gasteiger partial charge on any atom is -0.461 e. The van der Waals surface area contributed by atoms with Crippen molar-refractivity contribution in [1.82, 2.24) is 15.2 Å². The van der Waals surface area contributed by atoms with Gasteiger partial charge in [-0.25, -0.2) is 4.79 Å². The number of aryl methyl sites for hydroxylation is 1. The number of ether oxygens (including phenoxy) is 1. The van der Waals surface area contributed by atoms with Gasteiger partial charge in [0.1, 0.15) is 5.69 Å². The van der Waals surface area contributed by atoms with Gasteiger partial charge in [-0.1, -0.05) is 31.0 Å². The highest BCUT2D eigenvalue weighted by molar-refractivity contribution is 7.99. The maximum atomic E-state index is 12.7. The van der Waals surface area contributed by atoms with Crippen LogP contribution in [0.2, 0.25) is 0 Å². The zero-order valence-electron chi connectivity index (χ0n) is 16.0. The smallest absolute Gasteiger partial charge is 0.355 e. The van der Waals surface area contributed by atoms with E-state index in [2.05, 4.69) is 15.2 Å². The largest absolute Gasteiger partial charge is 0.461 e. The lowest BCUT2D eigenvalue weighted by Crippen LogP contribution is -2.08. The number of carbonyl (C=O) groups excluding carboxylic acids is 2. The quantitative estimate of drug-likeness (QED) is 0.429. The van der Waals surface area contributed by atoms with Gasteiger partial charge in [0.05, 0.1) is 12.4 Å². The average molecular weight is 391 g/mol. The Morgan fingerprint density at radius 2 is 1.96 bits per heavy atom. The normalized spacial score (nSPS) is 15.1. The molecule has 0 saturated heterocycles. The highest BCUT2D eigenvalue weighted by atomic mass is 32.2. The van der Waals surface area contributed by atoms with E-state index in [1.807, 2.05) is 0 Å². The predicted octanol–water partition coefficient (Wildman–Crippen LogP) is 4.21. The van der Waals surface area contributed by atoms with Crippen molar-refractivity contribution >= 4 is 23.5 Å². The molecule has 1 fully saturated rings. The van der Waals surface area contributed by atoms with E-state index in [-0.39, 0.29) is 18.1 Å². The van der Waals surface area contributed by atoms with Gasteiger partial charge < -0.3 is 14.1 Å². The Labute approximate surface area is 162 Å². The van der Waals surface area contributed by atoms with Gasteiger partial charge in [0.15, 0.2) is 5.78 Å². The standard InChI is InChI=1S/C19H25N3O4S/c1-4-25-18(24)16-11(2)15(12(3)20-16)14(23)10-27-19-22-21-17(26-19)13-8-6-5-7-9-13/h13,20H,4-10H2,1-3H3. The Balaban J connectivity index is 1.64. The minimum absolute atomic E-state index is 0.0841. The number of thioether (sulfide) groups is 1. The first-order chi connectivity index (χ1) is 13.0. The van der Waals surface area contributed by atoms with E-state index < -0.39 is 5.97 Å². The monoisotopic (exact) mass is 391 g/mol. The lowest BCUT2D eigenvalue weighted by molar-refractivity contribution is 0.0519. The van der Waals surface area contributed by atoms with Crippen LogP contribution in [-0.2, 0) is 4.74 Å². The maximum Gasteiger partial charge on any atom is 0.355 e. The fourth-order valence-corrected chi connectivity index (χ4v) is 4.21. The summed E-state index contributed by atoms with van der Waals surface area (Å²) in [5.41, 5.74) is 2.14. The topological polar surface area (TPSA) is 98.1 Å². The summed E-state index contributed by atoms with van der Waals surface area (Å²) < 4.78 is 10.8. The molecule has 3 rings (SSSR count). The molecule has 0 aliphatic heterocycles. The SMILES string of the molecule is CCOC(=O)c1[nH]c(C)c(C(=O)CSc2nnc(C3CCCCC3)o2)c1C. The molecule has 1 saturated carbocycles. The summed E-state index contributed by atoms with van der Waals surface area (Å²) in [5.74, 6) is 0.674. The van der Waals surface area contributed by atoms with Crippen molar-refractivity contribution in [2.24, 2.45) is 0 Å². The number of ketones is 1. The van der Waals surface area contributed by atoms with Crippen LogP contribution >= 0.6 is 11.8 Å². The Morgan fingerprint density at radius 3 is 2.67 bits per heavy atom. The molecule has 0 unspecified atom stereocenters. The second-order valence-corrected chi connectivity index (χ2v) is 7.73. The van der Waals surface area contributed by atoms with Crippen molar-refractivity contribution in [3.8, 4) is 0 Å². The van der Waals surface area contributed by atoms with Crippen LogP contribution in [0, 0.1) is 13.8 Å². The van der Waals surface area contributed by atoms with E-state index in [9.17, 15) is 9.59 Å². The average Bonchev–Trinajstić information content (AvgIpc) is 3.25. The number of carbonyl (C=O) groups is 2. The molecule has 0 amide bonds. The summed E-state index contributed by atoms with van der Waals surface area (Å²) in [4.78, 5) is 27.6. The van der Waals surface area contributed by atoms with Gasteiger partial charge in [-0.15, -0.1) is 10.2 Å². The Bertz CT molecular complexity index is 821. The van der Waals surface area contributed by atoms with Crippen molar-refractivity contribution in [3.05, 3.63) is 28.4 Å². The van der Waals surface area contributed by atoms with Gasteiger partial charge in [0.25, 0.3) is 5.22 Å². The molecular formula is C19H25N3O4S. The number of esters is 1. The fourth-order valence-electron chi connectivity index (χ4n) is 3.57. The number of H-pyrrole nitrogens is 1. The minimum atomic E-state index is -0.446. The first-order valence-corrected chi connectivity index (χ1v) is 10.4. The highest BCUT2D eigenvalue weighted by Crippen LogP contribution is 2.33. The van der Waals surface area contributed by atoms with Gasteiger partial charge in [0, 0.05) is 17.2 Å². The molecule has 1 N–H and O–H groups in total. The van der Waals surface area contributed by atoms with Crippen LogP contribution in [0.15, 0.2) is 9.64 Å².